The maximum atomic E-state index is 11.7. The third-order valence-electron chi connectivity index (χ3n) is 3.05. The van der Waals surface area contributed by atoms with E-state index in [2.05, 4.69) is 4.98 Å². The first kappa shape index (κ1) is 12.5. The molecule has 6 heteroatoms. The summed E-state index contributed by atoms with van der Waals surface area (Å²) in [4.78, 5) is 30.1. The highest BCUT2D eigenvalue weighted by molar-refractivity contribution is 5.86. The fraction of sp³-hybridized carbons (Fsp3) is 0.417. The van der Waals surface area contributed by atoms with Crippen LogP contribution in [0.25, 0.3) is 0 Å². The SMILES string of the molecule is CN1C(=O)CN(Cc2ccccn2)CC1C(=O)O. The fourth-order valence-electron chi connectivity index (χ4n) is 1.99. The lowest BCUT2D eigenvalue weighted by Gasteiger charge is -2.36. The molecule has 0 saturated carbocycles. The van der Waals surface area contributed by atoms with Gasteiger partial charge in [-0.15, -0.1) is 0 Å². The lowest BCUT2D eigenvalue weighted by atomic mass is 10.1. The van der Waals surface area contributed by atoms with Gasteiger partial charge in [0.1, 0.15) is 6.04 Å². The van der Waals surface area contributed by atoms with Crippen LogP contribution in [0.5, 0.6) is 0 Å². The summed E-state index contributed by atoms with van der Waals surface area (Å²) < 4.78 is 0. The van der Waals surface area contributed by atoms with Gasteiger partial charge in [0.05, 0.1) is 12.2 Å². The van der Waals surface area contributed by atoms with E-state index in [-0.39, 0.29) is 12.5 Å². The molecule has 1 fully saturated rings. The molecule has 2 rings (SSSR count). The van der Waals surface area contributed by atoms with Crippen molar-refractivity contribution in [3.05, 3.63) is 30.1 Å². The Morgan fingerprint density at radius 3 is 2.94 bits per heavy atom. The number of aliphatic carboxylic acids is 1. The van der Waals surface area contributed by atoms with E-state index in [1.54, 1.807) is 6.20 Å². The summed E-state index contributed by atoms with van der Waals surface area (Å²) >= 11 is 0. The highest BCUT2D eigenvalue weighted by Crippen LogP contribution is 2.12. The van der Waals surface area contributed by atoms with Crippen LogP contribution in [0, 0.1) is 0 Å². The summed E-state index contributed by atoms with van der Waals surface area (Å²) in [6.45, 7) is 1.05. The molecule has 1 atom stereocenters. The zero-order valence-electron chi connectivity index (χ0n) is 10.1. The number of amides is 1. The smallest absolute Gasteiger partial charge is 0.327 e. The van der Waals surface area contributed by atoms with Crippen molar-refractivity contribution in [2.45, 2.75) is 12.6 Å². The molecule has 0 aromatic carbocycles. The van der Waals surface area contributed by atoms with Gasteiger partial charge < -0.3 is 10.0 Å². The Labute approximate surface area is 105 Å². The molecule has 0 spiro atoms. The van der Waals surface area contributed by atoms with Crippen LogP contribution >= 0.6 is 0 Å². The molecule has 1 aromatic heterocycles. The lowest BCUT2D eigenvalue weighted by Crippen LogP contribution is -2.57. The van der Waals surface area contributed by atoms with Gasteiger partial charge in [0.2, 0.25) is 5.91 Å². The van der Waals surface area contributed by atoms with Gasteiger partial charge in [0.15, 0.2) is 0 Å². The molecule has 6 nitrogen and oxygen atoms in total. The van der Waals surface area contributed by atoms with Crippen LogP contribution in [-0.4, -0.2) is 57.9 Å². The summed E-state index contributed by atoms with van der Waals surface area (Å²) in [6, 6.07) is 4.77. The Kier molecular flexibility index (Phi) is 3.57. The maximum Gasteiger partial charge on any atom is 0.327 e. The minimum atomic E-state index is -0.975. The number of carboxylic acids is 1. The summed E-state index contributed by atoms with van der Waals surface area (Å²) in [5, 5.41) is 9.07. The van der Waals surface area contributed by atoms with E-state index in [1.165, 1.54) is 11.9 Å². The quantitative estimate of drug-likeness (QED) is 0.803. The van der Waals surface area contributed by atoms with Gasteiger partial charge in [0, 0.05) is 26.3 Å². The van der Waals surface area contributed by atoms with Crippen LogP contribution in [0.3, 0.4) is 0 Å². The van der Waals surface area contributed by atoms with E-state index >= 15 is 0 Å². The highest BCUT2D eigenvalue weighted by Gasteiger charge is 2.34. The number of nitrogens with zero attached hydrogens (tertiary/aromatic N) is 3. The van der Waals surface area contributed by atoms with Crippen molar-refractivity contribution in [2.75, 3.05) is 20.1 Å². The minimum Gasteiger partial charge on any atom is -0.480 e. The average Bonchev–Trinajstić information content (AvgIpc) is 2.34. The van der Waals surface area contributed by atoms with E-state index < -0.39 is 12.0 Å². The van der Waals surface area contributed by atoms with Gasteiger partial charge >= 0.3 is 5.97 Å². The predicted molar refractivity (Wildman–Crippen MR) is 63.7 cm³/mol. The summed E-state index contributed by atoms with van der Waals surface area (Å²) in [5.74, 6) is -1.15. The first-order valence-corrected chi connectivity index (χ1v) is 5.68. The number of carbonyl (C=O) groups is 2. The highest BCUT2D eigenvalue weighted by atomic mass is 16.4. The van der Waals surface area contributed by atoms with Gasteiger partial charge in [-0.1, -0.05) is 6.07 Å². The van der Waals surface area contributed by atoms with Crippen LogP contribution in [0.2, 0.25) is 0 Å². The second kappa shape index (κ2) is 5.14. The number of hydrogen-bond donors (Lipinski definition) is 1. The molecular formula is C12H15N3O3. The van der Waals surface area contributed by atoms with Crippen molar-refractivity contribution in [3.63, 3.8) is 0 Å². The topological polar surface area (TPSA) is 73.7 Å². The van der Waals surface area contributed by atoms with E-state index in [0.29, 0.717) is 13.1 Å². The molecule has 96 valence electrons. The molecule has 1 saturated heterocycles. The van der Waals surface area contributed by atoms with Gasteiger partial charge in [0.25, 0.3) is 0 Å². The molecule has 1 unspecified atom stereocenters. The number of pyridine rings is 1. The van der Waals surface area contributed by atoms with Crippen LogP contribution in [-0.2, 0) is 16.1 Å². The van der Waals surface area contributed by atoms with E-state index in [4.69, 9.17) is 5.11 Å². The Hall–Kier alpha value is -1.95. The molecule has 1 aromatic rings. The van der Waals surface area contributed by atoms with Crippen molar-refractivity contribution in [2.24, 2.45) is 0 Å². The number of rotatable bonds is 3. The van der Waals surface area contributed by atoms with Crippen LogP contribution in [0.15, 0.2) is 24.4 Å². The molecule has 0 aliphatic carbocycles. The van der Waals surface area contributed by atoms with Crippen molar-refractivity contribution in [1.29, 1.82) is 0 Å². The Balaban J connectivity index is 2.06. The van der Waals surface area contributed by atoms with Gasteiger partial charge in [-0.05, 0) is 12.1 Å². The summed E-state index contributed by atoms with van der Waals surface area (Å²) in [7, 11) is 1.53. The monoisotopic (exact) mass is 249 g/mol. The number of carbonyl (C=O) groups excluding carboxylic acids is 1. The van der Waals surface area contributed by atoms with Crippen LogP contribution < -0.4 is 0 Å². The second-order valence-electron chi connectivity index (χ2n) is 4.35. The molecular weight excluding hydrogens is 234 g/mol. The Bertz CT molecular complexity index is 449. The molecule has 0 radical (unpaired) electrons. The maximum absolute atomic E-state index is 11.7. The summed E-state index contributed by atoms with van der Waals surface area (Å²) in [5.41, 5.74) is 0.832. The minimum absolute atomic E-state index is 0.176. The number of aromatic nitrogens is 1. The van der Waals surface area contributed by atoms with Crippen molar-refractivity contribution in [1.82, 2.24) is 14.8 Å². The van der Waals surface area contributed by atoms with E-state index in [0.717, 1.165) is 5.69 Å². The van der Waals surface area contributed by atoms with Gasteiger partial charge in [-0.3, -0.25) is 14.7 Å². The van der Waals surface area contributed by atoms with Crippen molar-refractivity contribution >= 4 is 11.9 Å². The Morgan fingerprint density at radius 2 is 2.33 bits per heavy atom. The van der Waals surface area contributed by atoms with Crippen LogP contribution in [0.4, 0.5) is 0 Å². The van der Waals surface area contributed by atoms with E-state index in [1.807, 2.05) is 23.1 Å². The summed E-state index contributed by atoms with van der Waals surface area (Å²) in [6.07, 6.45) is 1.68. The molecule has 0 bridgehead atoms. The van der Waals surface area contributed by atoms with Crippen molar-refractivity contribution in [3.8, 4) is 0 Å². The zero-order valence-corrected chi connectivity index (χ0v) is 10.1. The average molecular weight is 249 g/mol. The fourth-order valence-corrected chi connectivity index (χ4v) is 1.99. The molecule has 1 aliphatic rings. The molecule has 18 heavy (non-hydrogen) atoms. The number of likely N-dealkylation sites (N-methyl/N-ethyl adjacent to an activating group) is 1. The molecule has 1 aliphatic heterocycles. The van der Waals surface area contributed by atoms with E-state index in [9.17, 15) is 9.59 Å². The Morgan fingerprint density at radius 1 is 1.56 bits per heavy atom. The predicted octanol–water partition coefficient (Wildman–Crippen LogP) is -0.191. The van der Waals surface area contributed by atoms with Crippen molar-refractivity contribution < 1.29 is 14.7 Å². The van der Waals surface area contributed by atoms with Gasteiger partial charge in [-0.2, -0.15) is 0 Å². The number of carboxylic acid groups (broad SMARTS) is 1. The second-order valence-corrected chi connectivity index (χ2v) is 4.35. The third-order valence-corrected chi connectivity index (χ3v) is 3.05. The third kappa shape index (κ3) is 2.65. The number of piperazine rings is 1. The van der Waals surface area contributed by atoms with Gasteiger partial charge in [-0.25, -0.2) is 4.79 Å². The molecule has 1 N–H and O–H groups in total. The standard InChI is InChI=1S/C12H15N3O3/c1-14-10(12(17)18)7-15(8-11(14)16)6-9-4-2-3-5-13-9/h2-5,10H,6-8H2,1H3,(H,17,18). The largest absolute Gasteiger partial charge is 0.480 e. The first-order valence-electron chi connectivity index (χ1n) is 5.68. The normalized spacial score (nSPS) is 21.1. The molecule has 2 heterocycles. The first-order chi connectivity index (χ1) is 8.58. The zero-order chi connectivity index (χ0) is 13.1. The number of hydrogen-bond acceptors (Lipinski definition) is 4. The lowest BCUT2D eigenvalue weighted by molar-refractivity contribution is -0.154. The van der Waals surface area contributed by atoms with Crippen LogP contribution in [0.1, 0.15) is 5.69 Å². The molecule has 1 amide bonds.